The molecule has 1 aliphatic heterocycles. The van der Waals surface area contributed by atoms with Crippen LogP contribution < -0.4 is 0 Å². The van der Waals surface area contributed by atoms with E-state index in [0.717, 1.165) is 5.56 Å². The minimum atomic E-state index is -0.346. The average Bonchev–Trinajstić information content (AvgIpc) is 3.18. The van der Waals surface area contributed by atoms with Gasteiger partial charge in [-0.15, -0.1) is 0 Å². The van der Waals surface area contributed by atoms with E-state index in [0.29, 0.717) is 36.5 Å². The van der Waals surface area contributed by atoms with Crippen molar-refractivity contribution in [1.29, 1.82) is 0 Å². The molecule has 3 aromatic rings. The van der Waals surface area contributed by atoms with Crippen LogP contribution in [0.1, 0.15) is 22.0 Å². The van der Waals surface area contributed by atoms with Crippen molar-refractivity contribution in [1.82, 2.24) is 15.1 Å². The van der Waals surface area contributed by atoms with Crippen molar-refractivity contribution in [2.45, 2.75) is 6.10 Å². The molecule has 0 aliphatic carbocycles. The van der Waals surface area contributed by atoms with E-state index >= 15 is 0 Å². The van der Waals surface area contributed by atoms with E-state index < -0.39 is 0 Å². The van der Waals surface area contributed by atoms with Crippen LogP contribution in [0.15, 0.2) is 54.7 Å². The normalized spacial score (nSPS) is 17.1. The third-order valence-corrected chi connectivity index (χ3v) is 4.60. The fourth-order valence-corrected chi connectivity index (χ4v) is 3.17. The molecule has 1 saturated heterocycles. The Morgan fingerprint density at radius 3 is 2.44 bits per heavy atom. The van der Waals surface area contributed by atoms with E-state index in [1.54, 1.807) is 29.2 Å². The first-order chi connectivity index (χ1) is 13.1. The molecule has 0 saturated carbocycles. The van der Waals surface area contributed by atoms with Crippen molar-refractivity contribution in [3.63, 3.8) is 0 Å². The van der Waals surface area contributed by atoms with Crippen LogP contribution in [0.25, 0.3) is 11.3 Å². The monoisotopic (exact) mass is 369 g/mol. The molecule has 1 aromatic heterocycles. The van der Waals surface area contributed by atoms with E-state index in [1.807, 2.05) is 0 Å². The Morgan fingerprint density at radius 2 is 1.74 bits per heavy atom. The van der Waals surface area contributed by atoms with Crippen LogP contribution in [0, 0.1) is 11.6 Å². The summed E-state index contributed by atoms with van der Waals surface area (Å²) in [6.07, 6.45) is 1.16. The number of ether oxygens (including phenoxy) is 1. The van der Waals surface area contributed by atoms with Gasteiger partial charge in [0.1, 0.15) is 17.7 Å². The third kappa shape index (κ3) is 3.59. The van der Waals surface area contributed by atoms with Gasteiger partial charge in [-0.05, 0) is 42.0 Å². The molecule has 27 heavy (non-hydrogen) atoms. The van der Waals surface area contributed by atoms with Gasteiger partial charge in [-0.3, -0.25) is 9.89 Å². The third-order valence-electron chi connectivity index (χ3n) is 4.60. The number of carbonyl (C=O) groups excluding carboxylic acids is 1. The molecule has 138 valence electrons. The van der Waals surface area contributed by atoms with Crippen molar-refractivity contribution in [2.24, 2.45) is 0 Å². The molecule has 2 aromatic carbocycles. The van der Waals surface area contributed by atoms with Crippen LogP contribution in [0.3, 0.4) is 0 Å². The van der Waals surface area contributed by atoms with Crippen LogP contribution in [0.4, 0.5) is 8.78 Å². The van der Waals surface area contributed by atoms with Crippen LogP contribution in [-0.4, -0.2) is 40.7 Å². The summed E-state index contributed by atoms with van der Waals surface area (Å²) in [5, 5.41) is 6.80. The molecule has 0 bridgehead atoms. The van der Waals surface area contributed by atoms with Gasteiger partial charge in [0.05, 0.1) is 30.6 Å². The lowest BCUT2D eigenvalue weighted by molar-refractivity contribution is -0.0228. The quantitative estimate of drug-likeness (QED) is 0.768. The fourth-order valence-electron chi connectivity index (χ4n) is 3.17. The summed E-state index contributed by atoms with van der Waals surface area (Å²) >= 11 is 0. The number of nitrogens with zero attached hydrogens (tertiary/aromatic N) is 2. The number of halogens is 2. The predicted octanol–water partition coefficient (Wildman–Crippen LogP) is 3.57. The van der Waals surface area contributed by atoms with Gasteiger partial charge in [0, 0.05) is 12.1 Å². The summed E-state index contributed by atoms with van der Waals surface area (Å²) in [4.78, 5) is 14.7. The molecule has 2 heterocycles. The number of carbonyl (C=O) groups is 1. The van der Waals surface area contributed by atoms with Gasteiger partial charge in [0.15, 0.2) is 0 Å². The van der Waals surface area contributed by atoms with Crippen molar-refractivity contribution in [3.8, 4) is 11.3 Å². The zero-order chi connectivity index (χ0) is 18.8. The fraction of sp³-hybridized carbons (Fsp3) is 0.200. The highest BCUT2D eigenvalue weighted by Gasteiger charge is 2.28. The zero-order valence-corrected chi connectivity index (χ0v) is 14.4. The highest BCUT2D eigenvalue weighted by atomic mass is 19.1. The summed E-state index contributed by atoms with van der Waals surface area (Å²) in [7, 11) is 0. The van der Waals surface area contributed by atoms with Crippen LogP contribution in [0.2, 0.25) is 0 Å². The van der Waals surface area contributed by atoms with Crippen LogP contribution in [-0.2, 0) is 4.74 Å². The van der Waals surface area contributed by atoms with Crippen LogP contribution in [0.5, 0.6) is 0 Å². The molecule has 7 heteroatoms. The van der Waals surface area contributed by atoms with Crippen LogP contribution >= 0.6 is 0 Å². The molecule has 0 unspecified atom stereocenters. The highest BCUT2D eigenvalue weighted by molar-refractivity contribution is 5.99. The Morgan fingerprint density at radius 1 is 1.07 bits per heavy atom. The second kappa shape index (κ2) is 7.28. The smallest absolute Gasteiger partial charge is 0.257 e. The molecule has 0 spiro atoms. The molecular formula is C20H17F2N3O2. The van der Waals surface area contributed by atoms with Gasteiger partial charge in [0.25, 0.3) is 5.91 Å². The summed E-state index contributed by atoms with van der Waals surface area (Å²) in [5.74, 6) is -0.843. The molecular weight excluding hydrogens is 352 g/mol. The number of benzene rings is 2. The number of rotatable bonds is 3. The number of aromatic amines is 1. The molecule has 1 N–H and O–H groups in total. The molecule has 4 rings (SSSR count). The van der Waals surface area contributed by atoms with Crippen molar-refractivity contribution >= 4 is 5.91 Å². The average molecular weight is 369 g/mol. The molecule has 1 aliphatic rings. The minimum Gasteiger partial charge on any atom is -0.370 e. The Balaban J connectivity index is 1.55. The number of H-pyrrole nitrogens is 1. The summed E-state index contributed by atoms with van der Waals surface area (Å²) in [6, 6.07) is 11.9. The standard InChI is InChI=1S/C20H17F2N3O2/c21-15-5-1-13(2-6-15)18-12-25(9-10-27-18)20(26)17-11-23-24-19(17)14-3-7-16(22)8-4-14/h1-8,11,18H,9-10,12H2,(H,23,24)/t18-/m1/s1. The predicted molar refractivity (Wildman–Crippen MR) is 95.0 cm³/mol. The zero-order valence-electron chi connectivity index (χ0n) is 14.4. The maximum absolute atomic E-state index is 13.2. The van der Waals surface area contributed by atoms with Crippen molar-refractivity contribution < 1.29 is 18.3 Å². The Bertz CT molecular complexity index is 939. The second-order valence-electron chi connectivity index (χ2n) is 6.33. The number of nitrogens with one attached hydrogen (secondary N) is 1. The second-order valence-corrected chi connectivity index (χ2v) is 6.33. The van der Waals surface area contributed by atoms with Gasteiger partial charge >= 0.3 is 0 Å². The van der Waals surface area contributed by atoms with Crippen molar-refractivity contribution in [3.05, 3.63) is 77.5 Å². The van der Waals surface area contributed by atoms with Gasteiger partial charge in [0.2, 0.25) is 0 Å². The molecule has 1 fully saturated rings. The Labute approximate surface area is 154 Å². The lowest BCUT2D eigenvalue weighted by atomic mass is 10.0. The first kappa shape index (κ1) is 17.4. The minimum absolute atomic E-state index is 0.182. The summed E-state index contributed by atoms with van der Waals surface area (Å²) < 4.78 is 32.1. The van der Waals surface area contributed by atoms with E-state index in [4.69, 9.17) is 4.74 Å². The molecule has 5 nitrogen and oxygen atoms in total. The first-order valence-electron chi connectivity index (χ1n) is 8.57. The largest absolute Gasteiger partial charge is 0.370 e. The number of morpholine rings is 1. The maximum Gasteiger partial charge on any atom is 0.257 e. The summed E-state index contributed by atoms with van der Waals surface area (Å²) in [6.45, 7) is 1.20. The van der Waals surface area contributed by atoms with Gasteiger partial charge in [-0.2, -0.15) is 5.10 Å². The van der Waals surface area contributed by atoms with E-state index in [9.17, 15) is 13.6 Å². The van der Waals surface area contributed by atoms with E-state index in [2.05, 4.69) is 10.2 Å². The lowest BCUT2D eigenvalue weighted by Crippen LogP contribution is -2.42. The number of amides is 1. The summed E-state index contributed by atoms with van der Waals surface area (Å²) in [5.41, 5.74) is 2.46. The highest BCUT2D eigenvalue weighted by Crippen LogP contribution is 2.26. The Kier molecular flexibility index (Phi) is 4.68. The maximum atomic E-state index is 13.2. The lowest BCUT2D eigenvalue weighted by Gasteiger charge is -2.33. The van der Waals surface area contributed by atoms with Crippen molar-refractivity contribution in [2.75, 3.05) is 19.7 Å². The van der Waals surface area contributed by atoms with E-state index in [1.165, 1.54) is 30.5 Å². The topological polar surface area (TPSA) is 58.2 Å². The van der Waals surface area contributed by atoms with Gasteiger partial charge in [-0.1, -0.05) is 12.1 Å². The molecule has 0 radical (unpaired) electrons. The number of aromatic nitrogens is 2. The molecule has 1 atom stereocenters. The van der Waals surface area contributed by atoms with Gasteiger partial charge in [-0.25, -0.2) is 8.78 Å². The number of hydrogen-bond acceptors (Lipinski definition) is 3. The Hall–Kier alpha value is -3.06. The number of hydrogen-bond donors (Lipinski definition) is 1. The van der Waals surface area contributed by atoms with Gasteiger partial charge < -0.3 is 9.64 Å². The molecule has 1 amide bonds. The SMILES string of the molecule is O=C(c1cn[nH]c1-c1ccc(F)cc1)N1CCO[C@@H](c2ccc(F)cc2)C1. The first-order valence-corrected chi connectivity index (χ1v) is 8.57. The van der Waals surface area contributed by atoms with E-state index in [-0.39, 0.29) is 23.6 Å².